The van der Waals surface area contributed by atoms with Gasteiger partial charge < -0.3 is 14.5 Å². The number of aromatic amines is 1. The smallest absolute Gasteiger partial charge is 0.181 e. The van der Waals surface area contributed by atoms with Gasteiger partial charge in [-0.2, -0.15) is 10.4 Å². The van der Waals surface area contributed by atoms with Gasteiger partial charge in [-0.25, -0.2) is 4.98 Å². The molecule has 0 bridgehead atoms. The molecule has 1 aliphatic rings. The van der Waals surface area contributed by atoms with Gasteiger partial charge in [-0.1, -0.05) is 0 Å². The summed E-state index contributed by atoms with van der Waals surface area (Å²) in [4.78, 5) is 8.49. The number of H-pyrrole nitrogens is 1. The number of methoxy groups -OCH3 is 1. The minimum atomic E-state index is 0.0507. The minimum absolute atomic E-state index is 0.0507. The molecule has 3 aromatic heterocycles. The molecule has 1 aromatic carbocycles. The van der Waals surface area contributed by atoms with E-state index < -0.39 is 0 Å². The number of aromatic nitrogens is 4. The van der Waals surface area contributed by atoms with Crippen molar-refractivity contribution in [3.8, 4) is 23.3 Å². The quantitative estimate of drug-likeness (QED) is 0.563. The molecule has 0 saturated carbocycles. The molecule has 28 heavy (non-hydrogen) atoms. The molecule has 4 aromatic rings. The predicted molar refractivity (Wildman–Crippen MR) is 102 cm³/mol. The van der Waals surface area contributed by atoms with Crippen LogP contribution in [0.15, 0.2) is 41.4 Å². The summed E-state index contributed by atoms with van der Waals surface area (Å²) in [5.74, 6) is 1.25. The highest BCUT2D eigenvalue weighted by molar-refractivity contribution is 5.93. The van der Waals surface area contributed by atoms with E-state index in [4.69, 9.17) is 9.15 Å². The van der Waals surface area contributed by atoms with Gasteiger partial charge in [0.2, 0.25) is 0 Å². The summed E-state index contributed by atoms with van der Waals surface area (Å²) < 4.78 is 10.9. The van der Waals surface area contributed by atoms with Crippen LogP contribution < -0.4 is 10.1 Å². The molecule has 5 rings (SSSR count). The number of hydrogen-bond donors (Lipinski definition) is 2. The molecule has 0 aliphatic heterocycles. The molecular formula is C20H16N6O2. The SMILES string of the molecule is COc1c(C#N)cnc2c1CC[C@H]2Nc1ccc2[nH]nc(-c3cnco3)c2c1. The Bertz CT molecular complexity index is 1210. The molecular weight excluding hydrogens is 356 g/mol. The lowest BCUT2D eigenvalue weighted by Gasteiger charge is -2.15. The normalized spacial score (nSPS) is 15.4. The number of ether oxygens (including phenoxy) is 1. The van der Waals surface area contributed by atoms with Crippen LogP contribution in [0.5, 0.6) is 5.75 Å². The zero-order chi connectivity index (χ0) is 19.1. The van der Waals surface area contributed by atoms with E-state index >= 15 is 0 Å². The lowest BCUT2D eigenvalue weighted by Crippen LogP contribution is -2.09. The number of benzene rings is 1. The first-order chi connectivity index (χ1) is 13.8. The van der Waals surface area contributed by atoms with E-state index in [1.54, 1.807) is 19.5 Å². The Hall–Kier alpha value is -3.86. The molecule has 8 heteroatoms. The van der Waals surface area contributed by atoms with E-state index in [2.05, 4.69) is 31.6 Å². The molecule has 0 saturated heterocycles. The monoisotopic (exact) mass is 372 g/mol. The summed E-state index contributed by atoms with van der Waals surface area (Å²) in [5.41, 5.74) is 5.00. The van der Waals surface area contributed by atoms with E-state index in [0.717, 1.165) is 46.4 Å². The predicted octanol–water partition coefficient (Wildman–Crippen LogP) is 3.59. The summed E-state index contributed by atoms with van der Waals surface area (Å²) in [6, 6.07) is 8.22. The van der Waals surface area contributed by atoms with Crippen LogP contribution in [0.25, 0.3) is 22.4 Å². The number of oxazole rings is 1. The van der Waals surface area contributed by atoms with Gasteiger partial charge in [0.15, 0.2) is 12.2 Å². The number of fused-ring (bicyclic) bond motifs is 2. The summed E-state index contributed by atoms with van der Waals surface area (Å²) in [6.45, 7) is 0. The second-order valence-corrected chi connectivity index (χ2v) is 6.61. The first-order valence-electron chi connectivity index (χ1n) is 8.88. The number of nitrogens with one attached hydrogen (secondary N) is 2. The van der Waals surface area contributed by atoms with Gasteiger partial charge in [0.1, 0.15) is 23.1 Å². The van der Waals surface area contributed by atoms with E-state index in [0.29, 0.717) is 17.1 Å². The van der Waals surface area contributed by atoms with Crippen molar-refractivity contribution in [1.82, 2.24) is 20.2 Å². The van der Waals surface area contributed by atoms with Crippen LogP contribution >= 0.6 is 0 Å². The van der Waals surface area contributed by atoms with Crippen molar-refractivity contribution >= 4 is 16.6 Å². The second-order valence-electron chi connectivity index (χ2n) is 6.61. The zero-order valence-electron chi connectivity index (χ0n) is 15.1. The maximum Gasteiger partial charge on any atom is 0.181 e. The molecule has 3 heterocycles. The number of hydrogen-bond acceptors (Lipinski definition) is 7. The molecule has 138 valence electrons. The van der Waals surface area contributed by atoms with E-state index in [1.807, 2.05) is 18.2 Å². The topological polar surface area (TPSA) is 113 Å². The van der Waals surface area contributed by atoms with E-state index in [-0.39, 0.29) is 6.04 Å². The number of nitriles is 1. The third kappa shape index (κ3) is 2.48. The van der Waals surface area contributed by atoms with Crippen molar-refractivity contribution in [2.75, 3.05) is 12.4 Å². The molecule has 2 N–H and O–H groups in total. The highest BCUT2D eigenvalue weighted by atomic mass is 16.5. The summed E-state index contributed by atoms with van der Waals surface area (Å²) in [5, 5.41) is 21.1. The Labute approximate surface area is 160 Å². The third-order valence-corrected chi connectivity index (χ3v) is 5.07. The molecule has 1 atom stereocenters. The Kier molecular flexibility index (Phi) is 3.72. The van der Waals surface area contributed by atoms with Crippen LogP contribution in [0.3, 0.4) is 0 Å². The number of nitrogens with zero attached hydrogens (tertiary/aromatic N) is 4. The van der Waals surface area contributed by atoms with Crippen molar-refractivity contribution in [2.45, 2.75) is 18.9 Å². The summed E-state index contributed by atoms with van der Waals surface area (Å²) in [6.07, 6.45) is 6.31. The summed E-state index contributed by atoms with van der Waals surface area (Å²) in [7, 11) is 1.59. The number of rotatable bonds is 4. The van der Waals surface area contributed by atoms with Crippen molar-refractivity contribution < 1.29 is 9.15 Å². The fourth-order valence-electron chi connectivity index (χ4n) is 3.80. The third-order valence-electron chi connectivity index (χ3n) is 5.07. The fraction of sp³-hybridized carbons (Fsp3) is 0.200. The van der Waals surface area contributed by atoms with Gasteiger partial charge in [-0.05, 0) is 31.0 Å². The van der Waals surface area contributed by atoms with Gasteiger partial charge in [0, 0.05) is 22.8 Å². The lowest BCUT2D eigenvalue weighted by atomic mass is 10.1. The van der Waals surface area contributed by atoms with Crippen LogP contribution in [0, 0.1) is 11.3 Å². The minimum Gasteiger partial charge on any atom is -0.495 e. The first kappa shape index (κ1) is 16.3. The molecule has 0 amide bonds. The molecule has 8 nitrogen and oxygen atoms in total. The number of pyridine rings is 1. The Morgan fingerprint density at radius 3 is 3.07 bits per heavy atom. The lowest BCUT2D eigenvalue weighted by molar-refractivity contribution is 0.408. The van der Waals surface area contributed by atoms with E-state index in [9.17, 15) is 5.26 Å². The molecule has 0 radical (unpaired) electrons. The highest BCUT2D eigenvalue weighted by Crippen LogP contribution is 2.39. The van der Waals surface area contributed by atoms with Crippen molar-refractivity contribution in [2.24, 2.45) is 0 Å². The van der Waals surface area contributed by atoms with Gasteiger partial charge in [0.25, 0.3) is 0 Å². The standard InChI is InChI=1S/C20H16N6O2/c1-27-20-11(7-21)8-23-18-13(20)3-5-16(18)24-12-2-4-15-14(6-12)19(26-25-15)17-9-22-10-28-17/h2,4,6,8-10,16,24H,3,5H2,1H3,(H,25,26)/t16-/m1/s1. The second kappa shape index (κ2) is 6.39. The molecule has 1 aliphatic carbocycles. The van der Waals surface area contributed by atoms with Crippen molar-refractivity contribution in [3.63, 3.8) is 0 Å². The van der Waals surface area contributed by atoms with Crippen LogP contribution in [0.2, 0.25) is 0 Å². The molecule has 0 fully saturated rings. The maximum atomic E-state index is 9.26. The number of anilines is 1. The van der Waals surface area contributed by atoms with Gasteiger partial charge in [0.05, 0.1) is 30.6 Å². The zero-order valence-corrected chi connectivity index (χ0v) is 15.1. The van der Waals surface area contributed by atoms with Crippen molar-refractivity contribution in [1.29, 1.82) is 5.26 Å². The van der Waals surface area contributed by atoms with Gasteiger partial charge in [-0.3, -0.25) is 10.1 Å². The van der Waals surface area contributed by atoms with Crippen LogP contribution in [-0.2, 0) is 6.42 Å². The Morgan fingerprint density at radius 1 is 1.36 bits per heavy atom. The molecule has 0 unspecified atom stereocenters. The maximum absolute atomic E-state index is 9.26. The van der Waals surface area contributed by atoms with Gasteiger partial charge >= 0.3 is 0 Å². The van der Waals surface area contributed by atoms with Crippen molar-refractivity contribution in [3.05, 3.63) is 53.8 Å². The van der Waals surface area contributed by atoms with Gasteiger partial charge in [-0.15, -0.1) is 0 Å². The average Bonchev–Trinajstić information content (AvgIpc) is 3.46. The Balaban J connectivity index is 1.49. The van der Waals surface area contributed by atoms with Crippen LogP contribution in [-0.4, -0.2) is 27.3 Å². The largest absolute Gasteiger partial charge is 0.495 e. The fourth-order valence-corrected chi connectivity index (χ4v) is 3.80. The highest BCUT2D eigenvalue weighted by Gasteiger charge is 2.28. The van der Waals surface area contributed by atoms with Crippen LogP contribution in [0.1, 0.15) is 29.3 Å². The first-order valence-corrected chi connectivity index (χ1v) is 8.88. The summed E-state index contributed by atoms with van der Waals surface area (Å²) >= 11 is 0. The molecule has 0 spiro atoms. The Morgan fingerprint density at radius 2 is 2.29 bits per heavy atom. The average molecular weight is 372 g/mol. The van der Waals surface area contributed by atoms with E-state index in [1.165, 1.54) is 6.39 Å². The van der Waals surface area contributed by atoms with Crippen LogP contribution in [0.4, 0.5) is 5.69 Å².